The number of nitrogens with zero attached hydrogens (tertiary/aromatic N) is 1. The second-order valence-corrected chi connectivity index (χ2v) is 14.2. The summed E-state index contributed by atoms with van der Waals surface area (Å²) in [5, 5.41) is 8.31. The predicted molar refractivity (Wildman–Crippen MR) is 214 cm³/mol. The van der Waals surface area contributed by atoms with Crippen LogP contribution in [0.4, 0.5) is 14.4 Å². The molecule has 0 unspecified atom stereocenters. The smallest absolute Gasteiger partial charge is 0.408 e. The monoisotopic (exact) mass is 766 g/mol. The average Bonchev–Trinajstić information content (AvgIpc) is 3.19. The Labute approximate surface area is 329 Å². The molecule has 0 aliphatic carbocycles. The molecule has 0 fully saturated rings. The first-order valence-electron chi connectivity index (χ1n) is 19.0. The van der Waals surface area contributed by atoms with Crippen LogP contribution in [0.2, 0.25) is 0 Å². The summed E-state index contributed by atoms with van der Waals surface area (Å²) in [6.45, 7) is 7.25. The Morgan fingerprint density at radius 1 is 0.571 bits per heavy atom. The van der Waals surface area contributed by atoms with Crippen LogP contribution in [0.3, 0.4) is 0 Å². The highest BCUT2D eigenvalue weighted by Crippen LogP contribution is 2.17. The molecule has 0 radical (unpaired) electrons. The van der Waals surface area contributed by atoms with Gasteiger partial charge in [-0.05, 0) is 74.4 Å². The number of nitrogens with one attached hydrogen (secondary N) is 3. The Bertz CT molecular complexity index is 1770. The van der Waals surface area contributed by atoms with E-state index in [0.717, 1.165) is 22.3 Å². The van der Waals surface area contributed by atoms with Crippen molar-refractivity contribution in [3.8, 4) is 5.75 Å². The summed E-state index contributed by atoms with van der Waals surface area (Å²) in [6.07, 6.45) is -0.0236. The van der Waals surface area contributed by atoms with E-state index in [0.29, 0.717) is 51.3 Å². The van der Waals surface area contributed by atoms with Crippen LogP contribution in [0, 0.1) is 0 Å². The van der Waals surface area contributed by atoms with E-state index < -0.39 is 29.9 Å². The zero-order valence-corrected chi connectivity index (χ0v) is 32.5. The maximum absolute atomic E-state index is 14.3. The van der Waals surface area contributed by atoms with Crippen LogP contribution in [0.15, 0.2) is 115 Å². The highest BCUT2D eigenvalue weighted by atomic mass is 16.6. The standard InChI is InChI=1S/C44H54N4O8/c1-44(2,3)56-43(52)47-39(30-34-22-24-38(25-23-34)53-31-35-16-7-4-8-17-35)40(49)48(29-15-27-46-42(51)55-33-37-20-11-6-12-21-37)28-14-13-26-45-41(50)54-32-36-18-9-5-10-19-36/h4-12,16-25,39H,13-15,26-33H2,1-3H3,(H,45,50)(H,46,51)(H,47,52)/t39-/m0/s1. The number of amides is 4. The lowest BCUT2D eigenvalue weighted by Gasteiger charge is -2.29. The fourth-order valence-electron chi connectivity index (χ4n) is 5.53. The molecule has 0 saturated carbocycles. The Kier molecular flexibility index (Phi) is 17.5. The maximum atomic E-state index is 14.3. The Morgan fingerprint density at radius 2 is 1.05 bits per heavy atom. The predicted octanol–water partition coefficient (Wildman–Crippen LogP) is 7.55. The van der Waals surface area contributed by atoms with E-state index in [1.165, 1.54) is 0 Å². The quantitative estimate of drug-likeness (QED) is 0.0618. The van der Waals surface area contributed by atoms with Gasteiger partial charge in [-0.25, -0.2) is 14.4 Å². The summed E-state index contributed by atoms with van der Waals surface area (Å²) >= 11 is 0. The molecule has 0 bridgehead atoms. The first kappa shape index (κ1) is 42.7. The molecule has 4 amide bonds. The van der Waals surface area contributed by atoms with Crippen LogP contribution < -0.4 is 20.7 Å². The topological polar surface area (TPSA) is 145 Å². The van der Waals surface area contributed by atoms with Crippen molar-refractivity contribution < 1.29 is 38.1 Å². The molecule has 4 aromatic carbocycles. The van der Waals surface area contributed by atoms with Crippen LogP contribution in [0.1, 0.15) is 62.3 Å². The van der Waals surface area contributed by atoms with Crippen molar-refractivity contribution in [2.24, 2.45) is 0 Å². The van der Waals surface area contributed by atoms with Crippen molar-refractivity contribution in [3.05, 3.63) is 138 Å². The molecule has 12 heteroatoms. The van der Waals surface area contributed by atoms with Crippen LogP contribution in [-0.4, -0.2) is 66.9 Å². The van der Waals surface area contributed by atoms with Crippen molar-refractivity contribution >= 4 is 24.2 Å². The molecule has 4 rings (SSSR count). The lowest BCUT2D eigenvalue weighted by molar-refractivity contribution is -0.133. The minimum absolute atomic E-state index is 0.142. The van der Waals surface area contributed by atoms with Gasteiger partial charge in [0.2, 0.25) is 5.91 Å². The van der Waals surface area contributed by atoms with Gasteiger partial charge in [-0.2, -0.15) is 0 Å². The molecule has 0 aliphatic rings. The first-order chi connectivity index (χ1) is 27.0. The van der Waals surface area contributed by atoms with Crippen LogP contribution in [0.25, 0.3) is 0 Å². The van der Waals surface area contributed by atoms with Crippen molar-refractivity contribution in [1.29, 1.82) is 0 Å². The molecule has 12 nitrogen and oxygen atoms in total. The molecular formula is C44H54N4O8. The van der Waals surface area contributed by atoms with Crippen LogP contribution >= 0.6 is 0 Å². The Morgan fingerprint density at radius 3 is 1.57 bits per heavy atom. The third-order valence-electron chi connectivity index (χ3n) is 8.34. The molecule has 0 aromatic heterocycles. The van der Waals surface area contributed by atoms with Crippen molar-refractivity contribution in [2.75, 3.05) is 26.2 Å². The number of benzene rings is 4. The average molecular weight is 767 g/mol. The van der Waals surface area contributed by atoms with Gasteiger partial charge < -0.3 is 39.8 Å². The summed E-state index contributed by atoms with van der Waals surface area (Å²) < 4.78 is 22.1. The van der Waals surface area contributed by atoms with Gasteiger partial charge in [0.25, 0.3) is 0 Å². The summed E-state index contributed by atoms with van der Waals surface area (Å²) in [7, 11) is 0. The molecule has 0 aliphatic heterocycles. The first-order valence-corrected chi connectivity index (χ1v) is 19.0. The Hall–Kier alpha value is -6.04. The molecule has 0 saturated heterocycles. The zero-order valence-electron chi connectivity index (χ0n) is 32.5. The van der Waals surface area contributed by atoms with E-state index in [-0.39, 0.29) is 32.1 Å². The van der Waals surface area contributed by atoms with Gasteiger partial charge >= 0.3 is 18.3 Å². The van der Waals surface area contributed by atoms with Gasteiger partial charge in [0.1, 0.15) is 37.2 Å². The fraction of sp³-hybridized carbons (Fsp3) is 0.364. The Balaban J connectivity index is 1.37. The van der Waals surface area contributed by atoms with Gasteiger partial charge in [-0.15, -0.1) is 0 Å². The molecule has 298 valence electrons. The molecule has 4 aromatic rings. The van der Waals surface area contributed by atoms with Crippen molar-refractivity contribution in [2.45, 2.75) is 77.9 Å². The number of ether oxygens (including phenoxy) is 4. The normalized spacial score (nSPS) is 11.4. The van der Waals surface area contributed by atoms with Gasteiger partial charge in [0, 0.05) is 32.6 Å². The molecular weight excluding hydrogens is 713 g/mol. The van der Waals surface area contributed by atoms with Crippen LogP contribution in [-0.2, 0) is 45.2 Å². The third kappa shape index (κ3) is 17.0. The highest BCUT2D eigenvalue weighted by molar-refractivity contribution is 5.86. The number of hydrogen-bond donors (Lipinski definition) is 3. The number of carbonyl (C=O) groups is 4. The number of hydrogen-bond acceptors (Lipinski definition) is 8. The third-order valence-corrected chi connectivity index (χ3v) is 8.34. The van der Waals surface area contributed by atoms with E-state index in [2.05, 4.69) is 16.0 Å². The molecule has 3 N–H and O–H groups in total. The minimum atomic E-state index is -0.948. The SMILES string of the molecule is CC(C)(C)OC(=O)N[C@@H](Cc1ccc(OCc2ccccc2)cc1)C(=O)N(CCCCNC(=O)OCc1ccccc1)CCCNC(=O)OCc1ccccc1. The van der Waals surface area contributed by atoms with Crippen molar-refractivity contribution in [3.63, 3.8) is 0 Å². The lowest BCUT2D eigenvalue weighted by atomic mass is 10.0. The summed E-state index contributed by atoms with van der Waals surface area (Å²) in [4.78, 5) is 53.6. The van der Waals surface area contributed by atoms with Crippen LogP contribution in [0.5, 0.6) is 5.75 Å². The molecule has 0 spiro atoms. The zero-order chi connectivity index (χ0) is 40.0. The molecule has 0 heterocycles. The largest absolute Gasteiger partial charge is 0.489 e. The summed E-state index contributed by atoms with van der Waals surface area (Å²) in [6, 6.07) is 35.1. The highest BCUT2D eigenvalue weighted by Gasteiger charge is 2.28. The van der Waals surface area contributed by atoms with E-state index in [1.807, 2.05) is 115 Å². The number of carbonyl (C=O) groups excluding carboxylic acids is 4. The second kappa shape index (κ2) is 23.0. The van der Waals surface area contributed by atoms with E-state index in [9.17, 15) is 19.2 Å². The second-order valence-electron chi connectivity index (χ2n) is 14.2. The van der Waals surface area contributed by atoms with E-state index in [1.54, 1.807) is 25.7 Å². The number of unbranched alkanes of at least 4 members (excludes halogenated alkanes) is 1. The van der Waals surface area contributed by atoms with Gasteiger partial charge in [0.05, 0.1) is 0 Å². The van der Waals surface area contributed by atoms with Gasteiger partial charge in [-0.3, -0.25) is 4.79 Å². The molecule has 56 heavy (non-hydrogen) atoms. The van der Waals surface area contributed by atoms with E-state index >= 15 is 0 Å². The maximum Gasteiger partial charge on any atom is 0.408 e. The molecule has 1 atom stereocenters. The fourth-order valence-corrected chi connectivity index (χ4v) is 5.53. The number of alkyl carbamates (subject to hydrolysis) is 3. The minimum Gasteiger partial charge on any atom is -0.489 e. The van der Waals surface area contributed by atoms with Gasteiger partial charge in [-0.1, -0.05) is 103 Å². The van der Waals surface area contributed by atoms with E-state index in [4.69, 9.17) is 18.9 Å². The van der Waals surface area contributed by atoms with Crippen molar-refractivity contribution in [1.82, 2.24) is 20.9 Å². The lowest BCUT2D eigenvalue weighted by Crippen LogP contribution is -2.51. The number of rotatable bonds is 20. The summed E-state index contributed by atoms with van der Waals surface area (Å²) in [5.74, 6) is 0.372. The van der Waals surface area contributed by atoms with Gasteiger partial charge in [0.15, 0.2) is 0 Å². The summed E-state index contributed by atoms with van der Waals surface area (Å²) in [5.41, 5.74) is 2.84.